The summed E-state index contributed by atoms with van der Waals surface area (Å²) in [5.74, 6) is 0.305. The highest BCUT2D eigenvalue weighted by Crippen LogP contribution is 2.38. The van der Waals surface area contributed by atoms with E-state index in [4.69, 9.17) is 10.1 Å². The normalized spacial score (nSPS) is 13.5. The Balaban J connectivity index is 1.61. The summed E-state index contributed by atoms with van der Waals surface area (Å²) in [6, 6.07) is 9.29. The van der Waals surface area contributed by atoms with Crippen LogP contribution in [-0.2, 0) is 30.2 Å². The second-order valence-electron chi connectivity index (χ2n) is 12.6. The first-order valence-corrected chi connectivity index (χ1v) is 16.0. The first kappa shape index (κ1) is 35.7. The summed E-state index contributed by atoms with van der Waals surface area (Å²) in [6.07, 6.45) is -4.19. The third-order valence-electron chi connectivity index (χ3n) is 8.46. The molecule has 14 heteroatoms. The van der Waals surface area contributed by atoms with Gasteiger partial charge in [-0.15, -0.1) is 0 Å². The van der Waals surface area contributed by atoms with Gasteiger partial charge in [0.1, 0.15) is 5.82 Å². The quantitative estimate of drug-likeness (QED) is 0.133. The van der Waals surface area contributed by atoms with Gasteiger partial charge in [0.25, 0.3) is 0 Å². The summed E-state index contributed by atoms with van der Waals surface area (Å²) in [6.45, 7) is 5.35. The van der Waals surface area contributed by atoms with Crippen molar-refractivity contribution in [3.8, 4) is 0 Å². The molecule has 5 rings (SSSR count). The molecule has 1 aliphatic rings. The highest BCUT2D eigenvalue weighted by Gasteiger charge is 2.37. The number of carboxylic acid groups (broad SMARTS) is 1. The number of carboxylic acids is 1. The van der Waals surface area contributed by atoms with Crippen molar-refractivity contribution in [1.82, 2.24) is 15.0 Å². The number of anilines is 3. The lowest BCUT2D eigenvalue weighted by Gasteiger charge is -2.30. The molecule has 262 valence electrons. The molecule has 0 bridgehead atoms. The Bertz CT molecular complexity index is 1740. The smallest absolute Gasteiger partial charge is 0.416 e. The molecule has 2 heterocycles. The van der Waals surface area contributed by atoms with Crippen LogP contribution in [-0.4, -0.2) is 52.7 Å². The van der Waals surface area contributed by atoms with Crippen LogP contribution in [0.1, 0.15) is 60.4 Å². The summed E-state index contributed by atoms with van der Waals surface area (Å²) in [7, 11) is 1.66. The van der Waals surface area contributed by atoms with Gasteiger partial charge in [-0.2, -0.15) is 26.3 Å². The van der Waals surface area contributed by atoms with Crippen LogP contribution in [0.15, 0.2) is 54.9 Å². The van der Waals surface area contributed by atoms with Crippen LogP contribution in [0.4, 0.5) is 43.8 Å². The van der Waals surface area contributed by atoms with Crippen molar-refractivity contribution in [2.24, 2.45) is 5.92 Å². The predicted molar refractivity (Wildman–Crippen MR) is 176 cm³/mol. The number of hydrogen-bond acceptors (Lipinski definition) is 7. The van der Waals surface area contributed by atoms with Crippen LogP contribution < -0.4 is 14.7 Å². The van der Waals surface area contributed by atoms with Gasteiger partial charge < -0.3 is 19.8 Å². The molecule has 0 spiro atoms. The molecule has 1 saturated carbocycles. The number of rotatable bonds is 14. The van der Waals surface area contributed by atoms with Crippen LogP contribution in [0.3, 0.4) is 0 Å². The largest absolute Gasteiger partial charge is 0.481 e. The number of benzene rings is 2. The predicted octanol–water partition coefficient (Wildman–Crippen LogP) is 8.11. The van der Waals surface area contributed by atoms with E-state index in [0.29, 0.717) is 24.0 Å². The molecule has 0 aliphatic heterocycles. The molecule has 1 aliphatic carbocycles. The molecule has 2 aromatic carbocycles. The standard InChI is InChI=1S/C35H38F6N6O2/c1-4-11-46(19-23-8-9-23)32-26(15-25-7-5-6-22(2)31(25)44-32)21-47(33-42-17-29(18-43-33)45(3)12-10-30(48)49)20-24-13-27(34(36,37)38)16-28(14-24)35(39,40)41/h5-7,13-18,23H,4,8-12,19-21H2,1-3H3,(H,48,49). The first-order chi connectivity index (χ1) is 23.1. The molecule has 49 heavy (non-hydrogen) atoms. The van der Waals surface area contributed by atoms with Gasteiger partial charge in [-0.1, -0.05) is 25.1 Å². The molecular formula is C35H38F6N6O2. The van der Waals surface area contributed by atoms with Crippen molar-refractivity contribution >= 4 is 34.3 Å². The van der Waals surface area contributed by atoms with Crippen molar-refractivity contribution in [2.45, 2.75) is 65.0 Å². The van der Waals surface area contributed by atoms with Crippen molar-refractivity contribution in [2.75, 3.05) is 41.4 Å². The molecule has 1 fully saturated rings. The van der Waals surface area contributed by atoms with Gasteiger partial charge in [0.15, 0.2) is 0 Å². The number of hydrogen-bond donors (Lipinski definition) is 1. The minimum atomic E-state index is -5.00. The second-order valence-corrected chi connectivity index (χ2v) is 12.6. The fraction of sp³-hybridized carbons (Fsp3) is 0.429. The zero-order valence-electron chi connectivity index (χ0n) is 27.4. The Morgan fingerprint density at radius 3 is 2.14 bits per heavy atom. The Labute approximate surface area is 280 Å². The van der Waals surface area contributed by atoms with E-state index in [9.17, 15) is 31.1 Å². The van der Waals surface area contributed by atoms with E-state index in [1.54, 1.807) is 16.8 Å². The average Bonchev–Trinajstić information content (AvgIpc) is 3.86. The Hall–Kier alpha value is -4.62. The fourth-order valence-corrected chi connectivity index (χ4v) is 5.74. The van der Waals surface area contributed by atoms with E-state index < -0.39 is 29.4 Å². The van der Waals surface area contributed by atoms with Gasteiger partial charge in [0, 0.05) is 50.7 Å². The van der Waals surface area contributed by atoms with Gasteiger partial charge in [0.2, 0.25) is 5.95 Å². The molecule has 0 unspecified atom stereocenters. The molecule has 1 N–H and O–H groups in total. The number of pyridine rings is 1. The van der Waals surface area contributed by atoms with Crippen LogP contribution in [0, 0.1) is 12.8 Å². The third kappa shape index (κ3) is 9.09. The number of fused-ring (bicyclic) bond motifs is 1. The van der Waals surface area contributed by atoms with Crippen molar-refractivity contribution in [3.05, 3.63) is 82.7 Å². The summed E-state index contributed by atoms with van der Waals surface area (Å²) < 4.78 is 82.9. The third-order valence-corrected chi connectivity index (χ3v) is 8.46. The second kappa shape index (κ2) is 14.5. The molecule has 0 atom stereocenters. The summed E-state index contributed by atoms with van der Waals surface area (Å²) in [5.41, 5.74) is -0.0386. The topological polar surface area (TPSA) is 85.7 Å². The molecule has 0 saturated heterocycles. The monoisotopic (exact) mass is 688 g/mol. The number of carbonyl (C=O) groups is 1. The van der Waals surface area contributed by atoms with Crippen LogP contribution in [0.5, 0.6) is 0 Å². The van der Waals surface area contributed by atoms with E-state index in [-0.39, 0.29) is 43.6 Å². The Kier molecular flexibility index (Phi) is 10.5. The fourth-order valence-electron chi connectivity index (χ4n) is 5.74. The van der Waals surface area contributed by atoms with E-state index in [0.717, 1.165) is 60.0 Å². The van der Waals surface area contributed by atoms with Crippen molar-refractivity contribution in [3.63, 3.8) is 0 Å². The number of alkyl halides is 6. The van der Waals surface area contributed by atoms with Gasteiger partial charge in [-0.25, -0.2) is 15.0 Å². The molecule has 0 amide bonds. The SMILES string of the molecule is CCCN(CC1CC1)c1nc2c(C)cccc2cc1CN(Cc1cc(C(F)(F)F)cc(C(F)(F)F)c1)c1ncc(N(C)CCC(=O)O)cn1. The van der Waals surface area contributed by atoms with Gasteiger partial charge in [-0.05, 0) is 67.5 Å². The lowest BCUT2D eigenvalue weighted by Crippen LogP contribution is -2.31. The number of para-hydroxylation sites is 1. The number of nitrogens with zero attached hydrogens (tertiary/aromatic N) is 6. The van der Waals surface area contributed by atoms with Crippen LogP contribution in [0.25, 0.3) is 10.9 Å². The van der Waals surface area contributed by atoms with Crippen LogP contribution >= 0.6 is 0 Å². The lowest BCUT2D eigenvalue weighted by atomic mass is 10.0. The highest BCUT2D eigenvalue weighted by atomic mass is 19.4. The van der Waals surface area contributed by atoms with Gasteiger partial charge in [0.05, 0.1) is 41.1 Å². The minimum absolute atomic E-state index is 0.0306. The molecular weight excluding hydrogens is 650 g/mol. The molecule has 8 nitrogen and oxygen atoms in total. The maximum atomic E-state index is 13.8. The zero-order chi connectivity index (χ0) is 35.5. The van der Waals surface area contributed by atoms with E-state index >= 15 is 0 Å². The van der Waals surface area contributed by atoms with Crippen molar-refractivity contribution < 1.29 is 36.2 Å². The van der Waals surface area contributed by atoms with Gasteiger partial charge >= 0.3 is 18.3 Å². The lowest BCUT2D eigenvalue weighted by molar-refractivity contribution is -0.143. The van der Waals surface area contributed by atoms with E-state index in [2.05, 4.69) is 21.8 Å². The zero-order valence-corrected chi connectivity index (χ0v) is 27.4. The summed E-state index contributed by atoms with van der Waals surface area (Å²) in [4.78, 5) is 30.5. The Morgan fingerprint density at radius 2 is 1.57 bits per heavy atom. The first-order valence-electron chi connectivity index (χ1n) is 16.0. The highest BCUT2D eigenvalue weighted by molar-refractivity contribution is 5.84. The Morgan fingerprint density at radius 1 is 0.918 bits per heavy atom. The molecule has 0 radical (unpaired) electrons. The number of aliphatic carboxylic acids is 1. The number of aryl methyl sites for hydroxylation is 1. The average molecular weight is 689 g/mol. The minimum Gasteiger partial charge on any atom is -0.481 e. The molecule has 2 aromatic heterocycles. The molecule has 4 aromatic rings. The van der Waals surface area contributed by atoms with E-state index in [1.807, 2.05) is 31.2 Å². The maximum absolute atomic E-state index is 13.8. The van der Waals surface area contributed by atoms with Gasteiger partial charge in [-0.3, -0.25) is 4.79 Å². The van der Waals surface area contributed by atoms with Crippen LogP contribution in [0.2, 0.25) is 0 Å². The number of aromatic nitrogens is 3. The van der Waals surface area contributed by atoms with E-state index in [1.165, 1.54) is 12.4 Å². The summed E-state index contributed by atoms with van der Waals surface area (Å²) >= 11 is 0. The maximum Gasteiger partial charge on any atom is 0.416 e. The van der Waals surface area contributed by atoms with Crippen molar-refractivity contribution in [1.29, 1.82) is 0 Å². The summed E-state index contributed by atoms with van der Waals surface area (Å²) in [5, 5.41) is 9.90. The number of halogens is 6.